The molecule has 5 aromatic rings. The molecule has 37 heavy (non-hydrogen) atoms. The minimum absolute atomic E-state index is 0.0457. The van der Waals surface area contributed by atoms with E-state index in [-0.39, 0.29) is 33.6 Å². The summed E-state index contributed by atoms with van der Waals surface area (Å²) >= 11 is 1.02. The Bertz CT molecular complexity index is 1800. The number of hydrogen-bond donors (Lipinski definition) is 1. The van der Waals surface area contributed by atoms with Gasteiger partial charge in [-0.15, -0.1) is 11.3 Å². The number of fused-ring (bicyclic) bond motifs is 2. The van der Waals surface area contributed by atoms with Gasteiger partial charge in [-0.05, 0) is 31.2 Å². The van der Waals surface area contributed by atoms with Crippen LogP contribution in [0.2, 0.25) is 0 Å². The third-order valence-electron chi connectivity index (χ3n) is 5.53. The summed E-state index contributed by atoms with van der Waals surface area (Å²) in [6.45, 7) is 1.76. The number of thiophene rings is 1. The number of para-hydroxylation sites is 1. The topological polar surface area (TPSA) is 130 Å². The fraction of sp³-hybridized carbons (Fsp3) is 0.115. The third kappa shape index (κ3) is 4.36. The van der Waals surface area contributed by atoms with Crippen molar-refractivity contribution in [3.8, 4) is 11.4 Å². The molecule has 3 heterocycles. The molecule has 0 aliphatic rings. The van der Waals surface area contributed by atoms with Gasteiger partial charge < -0.3 is 19.2 Å². The second-order valence-electron chi connectivity index (χ2n) is 7.78. The lowest BCUT2D eigenvalue weighted by molar-refractivity contribution is 0.0520. The van der Waals surface area contributed by atoms with Gasteiger partial charge in [-0.3, -0.25) is 9.59 Å². The minimum atomic E-state index is -0.820. The largest absolute Gasteiger partial charge is 0.497 e. The van der Waals surface area contributed by atoms with Crippen molar-refractivity contribution in [1.82, 2.24) is 9.78 Å². The molecule has 3 aromatic heterocycles. The monoisotopic (exact) mass is 517 g/mol. The highest BCUT2D eigenvalue weighted by molar-refractivity contribution is 7.16. The Morgan fingerprint density at radius 1 is 1.11 bits per heavy atom. The normalized spacial score (nSPS) is 11.0. The number of nitrogens with zero attached hydrogens (tertiary/aromatic N) is 2. The first kappa shape index (κ1) is 23.9. The maximum Gasteiger partial charge on any atom is 0.359 e. The fourth-order valence-electron chi connectivity index (χ4n) is 3.80. The quantitative estimate of drug-likeness (QED) is 0.264. The van der Waals surface area contributed by atoms with Gasteiger partial charge in [0.15, 0.2) is 5.69 Å². The Hall–Kier alpha value is -4.77. The Labute approximate surface area is 212 Å². The Kier molecular flexibility index (Phi) is 6.28. The number of nitrogens with one attached hydrogen (secondary N) is 1. The van der Waals surface area contributed by atoms with Gasteiger partial charge in [-0.25, -0.2) is 9.59 Å². The van der Waals surface area contributed by atoms with E-state index < -0.39 is 23.1 Å². The van der Waals surface area contributed by atoms with Crippen molar-refractivity contribution in [1.29, 1.82) is 0 Å². The van der Waals surface area contributed by atoms with Gasteiger partial charge in [0.2, 0.25) is 0 Å². The van der Waals surface area contributed by atoms with Crippen LogP contribution in [0.25, 0.3) is 27.4 Å². The lowest BCUT2D eigenvalue weighted by Crippen LogP contribution is -2.26. The summed E-state index contributed by atoms with van der Waals surface area (Å²) in [5.74, 6) is -1.01. The molecule has 11 heteroatoms. The molecule has 0 unspecified atom stereocenters. The molecule has 0 saturated heterocycles. The van der Waals surface area contributed by atoms with E-state index in [0.717, 1.165) is 16.0 Å². The van der Waals surface area contributed by atoms with Gasteiger partial charge >= 0.3 is 11.6 Å². The van der Waals surface area contributed by atoms with Crippen molar-refractivity contribution in [3.05, 3.63) is 92.0 Å². The molecule has 0 atom stereocenters. The first-order chi connectivity index (χ1) is 17.9. The second-order valence-corrected chi connectivity index (χ2v) is 8.66. The van der Waals surface area contributed by atoms with E-state index in [1.165, 1.54) is 18.6 Å². The van der Waals surface area contributed by atoms with Crippen LogP contribution in [0.1, 0.15) is 27.8 Å². The first-order valence-corrected chi connectivity index (χ1v) is 12.0. The summed E-state index contributed by atoms with van der Waals surface area (Å²) in [5, 5.41) is 9.40. The van der Waals surface area contributed by atoms with Crippen LogP contribution in [0, 0.1) is 0 Å². The van der Waals surface area contributed by atoms with Gasteiger partial charge in [0.25, 0.3) is 11.5 Å². The van der Waals surface area contributed by atoms with Crippen LogP contribution in [0.3, 0.4) is 0 Å². The maximum atomic E-state index is 13.6. The highest BCUT2D eigenvalue weighted by atomic mass is 32.1. The number of benzene rings is 2. The number of hydrogen-bond acceptors (Lipinski definition) is 9. The smallest absolute Gasteiger partial charge is 0.359 e. The van der Waals surface area contributed by atoms with Crippen molar-refractivity contribution in [2.24, 2.45) is 0 Å². The molecule has 0 aliphatic carbocycles. The standard InChI is InChI=1S/C26H19N3O7S/c1-3-35-26(33)21-18-13-37-23(20(18)24(31)29(28-21)15-8-6-9-16(12-15)34-2)27-22(30)17-11-14-7-4-5-10-19(14)36-25(17)32/h4-13H,3H2,1-2H3,(H,27,30). The minimum Gasteiger partial charge on any atom is -0.497 e. The maximum absolute atomic E-state index is 13.6. The zero-order valence-corrected chi connectivity index (χ0v) is 20.5. The Morgan fingerprint density at radius 2 is 1.92 bits per heavy atom. The molecule has 0 bridgehead atoms. The van der Waals surface area contributed by atoms with E-state index in [1.807, 2.05) is 0 Å². The summed E-state index contributed by atoms with van der Waals surface area (Å²) in [5.41, 5.74) is -1.04. The summed E-state index contributed by atoms with van der Waals surface area (Å²) in [6.07, 6.45) is 0. The summed E-state index contributed by atoms with van der Waals surface area (Å²) in [4.78, 5) is 51.9. The number of carbonyl (C=O) groups is 2. The summed E-state index contributed by atoms with van der Waals surface area (Å²) < 4.78 is 16.7. The molecule has 0 fully saturated rings. The number of anilines is 1. The Balaban J connectivity index is 1.66. The predicted octanol–water partition coefficient (Wildman–Crippen LogP) is 3.99. The first-order valence-electron chi connectivity index (χ1n) is 11.1. The van der Waals surface area contributed by atoms with E-state index in [4.69, 9.17) is 13.9 Å². The zero-order chi connectivity index (χ0) is 26.1. The van der Waals surface area contributed by atoms with Crippen LogP contribution >= 0.6 is 11.3 Å². The average Bonchev–Trinajstić information content (AvgIpc) is 3.32. The van der Waals surface area contributed by atoms with Crippen LogP contribution in [0.4, 0.5) is 5.00 Å². The van der Waals surface area contributed by atoms with Crippen molar-refractivity contribution in [3.63, 3.8) is 0 Å². The molecule has 2 aromatic carbocycles. The number of ether oxygens (including phenoxy) is 2. The van der Waals surface area contributed by atoms with Gasteiger partial charge in [0.1, 0.15) is 21.9 Å². The van der Waals surface area contributed by atoms with Gasteiger partial charge in [0, 0.05) is 22.2 Å². The van der Waals surface area contributed by atoms with E-state index in [0.29, 0.717) is 22.4 Å². The molecular formula is C26H19N3O7S. The van der Waals surface area contributed by atoms with Crippen LogP contribution in [0.5, 0.6) is 5.75 Å². The lowest BCUT2D eigenvalue weighted by atomic mass is 10.1. The van der Waals surface area contributed by atoms with E-state index in [2.05, 4.69) is 10.4 Å². The SMILES string of the molecule is CCOC(=O)c1nn(-c2cccc(OC)c2)c(=O)c2c(NC(=O)c3cc4ccccc4oc3=O)scc12. The zero-order valence-electron chi connectivity index (χ0n) is 19.6. The average molecular weight is 518 g/mol. The fourth-order valence-corrected chi connectivity index (χ4v) is 4.73. The second kappa shape index (κ2) is 9.70. The van der Waals surface area contributed by atoms with Gasteiger partial charge in [-0.1, -0.05) is 24.3 Å². The number of aromatic nitrogens is 2. The molecule has 1 N–H and O–H groups in total. The van der Waals surface area contributed by atoms with Crippen LogP contribution in [0.15, 0.2) is 74.0 Å². The number of esters is 1. The van der Waals surface area contributed by atoms with Crippen molar-refractivity contribution >= 4 is 50.0 Å². The van der Waals surface area contributed by atoms with E-state index >= 15 is 0 Å². The van der Waals surface area contributed by atoms with Crippen molar-refractivity contribution in [2.75, 3.05) is 19.0 Å². The molecule has 5 rings (SSSR count). The molecule has 10 nitrogen and oxygen atoms in total. The molecule has 0 saturated carbocycles. The number of amides is 1. The van der Waals surface area contributed by atoms with Gasteiger partial charge in [0.05, 0.1) is 24.8 Å². The predicted molar refractivity (Wildman–Crippen MR) is 138 cm³/mol. The van der Waals surface area contributed by atoms with Crippen molar-refractivity contribution < 1.29 is 23.5 Å². The van der Waals surface area contributed by atoms with E-state index in [1.54, 1.807) is 55.5 Å². The highest BCUT2D eigenvalue weighted by Crippen LogP contribution is 2.31. The van der Waals surface area contributed by atoms with Crippen molar-refractivity contribution in [2.45, 2.75) is 6.92 Å². The molecule has 0 aliphatic heterocycles. The molecular weight excluding hydrogens is 498 g/mol. The molecule has 186 valence electrons. The highest BCUT2D eigenvalue weighted by Gasteiger charge is 2.24. The van der Waals surface area contributed by atoms with Crippen LogP contribution < -0.4 is 21.2 Å². The molecule has 1 amide bonds. The van der Waals surface area contributed by atoms with E-state index in [9.17, 15) is 19.2 Å². The molecule has 0 radical (unpaired) electrons. The number of methoxy groups -OCH3 is 1. The van der Waals surface area contributed by atoms with Crippen LogP contribution in [-0.4, -0.2) is 35.4 Å². The summed E-state index contributed by atoms with van der Waals surface area (Å²) in [7, 11) is 1.48. The molecule has 0 spiro atoms. The number of carbonyl (C=O) groups excluding carboxylic acids is 2. The van der Waals surface area contributed by atoms with Crippen LogP contribution in [-0.2, 0) is 4.74 Å². The Morgan fingerprint density at radius 3 is 2.70 bits per heavy atom. The third-order valence-corrected chi connectivity index (χ3v) is 6.43. The van der Waals surface area contributed by atoms with Gasteiger partial charge in [-0.2, -0.15) is 9.78 Å². The lowest BCUT2D eigenvalue weighted by Gasteiger charge is -2.11. The number of rotatable bonds is 6. The summed E-state index contributed by atoms with van der Waals surface area (Å²) in [6, 6.07) is 14.8.